The van der Waals surface area contributed by atoms with Crippen LogP contribution in [0.15, 0.2) is 24.3 Å². The van der Waals surface area contributed by atoms with Crippen LogP contribution < -0.4 is 5.32 Å². The predicted octanol–water partition coefficient (Wildman–Crippen LogP) is 2.88. The first-order valence-corrected chi connectivity index (χ1v) is 6.69. The van der Waals surface area contributed by atoms with Crippen molar-refractivity contribution in [3.05, 3.63) is 29.8 Å². The largest absolute Gasteiger partial charge is 0.326 e. The van der Waals surface area contributed by atoms with Crippen LogP contribution in [0.3, 0.4) is 0 Å². The number of hydrogen-bond acceptors (Lipinski definition) is 2. The molecule has 0 saturated heterocycles. The van der Waals surface area contributed by atoms with Crippen LogP contribution in [-0.2, 0) is 4.79 Å². The van der Waals surface area contributed by atoms with Gasteiger partial charge in [0.1, 0.15) is 0 Å². The van der Waals surface area contributed by atoms with Crippen molar-refractivity contribution < 1.29 is 4.79 Å². The molecule has 98 valence electrons. The van der Waals surface area contributed by atoms with E-state index in [0.29, 0.717) is 0 Å². The van der Waals surface area contributed by atoms with E-state index in [1.54, 1.807) is 0 Å². The summed E-state index contributed by atoms with van der Waals surface area (Å²) in [5, 5.41) is 2.90. The molecule has 2 rings (SSSR count). The van der Waals surface area contributed by atoms with Gasteiger partial charge >= 0.3 is 0 Å². The number of nitrogens with zero attached hydrogens (tertiary/aromatic N) is 1. The Morgan fingerprint density at radius 2 is 2.00 bits per heavy atom. The summed E-state index contributed by atoms with van der Waals surface area (Å²) in [6, 6.07) is 7.79. The van der Waals surface area contributed by atoms with Crippen molar-refractivity contribution >= 4 is 23.2 Å². The van der Waals surface area contributed by atoms with Gasteiger partial charge in [0, 0.05) is 18.2 Å². The van der Waals surface area contributed by atoms with Crippen molar-refractivity contribution in [3.8, 4) is 0 Å². The first-order valence-electron chi connectivity index (χ1n) is 6.26. The maximum atomic E-state index is 11.6. The molecule has 0 heterocycles. The van der Waals surface area contributed by atoms with Crippen molar-refractivity contribution in [1.82, 2.24) is 4.90 Å². The third-order valence-electron chi connectivity index (χ3n) is 3.01. The van der Waals surface area contributed by atoms with Crippen LogP contribution in [0.4, 0.5) is 5.69 Å². The lowest BCUT2D eigenvalue weighted by Gasteiger charge is -2.15. The highest BCUT2D eigenvalue weighted by Gasteiger charge is 2.29. The molecule has 18 heavy (non-hydrogen) atoms. The number of carbonyl (C=O) groups is 1. The second-order valence-electron chi connectivity index (χ2n) is 5.12. The molecule has 1 fully saturated rings. The Labute approximate surface area is 113 Å². The highest BCUT2D eigenvalue weighted by Crippen LogP contribution is 2.30. The molecular weight excluding hydrogens is 248 g/mol. The zero-order chi connectivity index (χ0) is 13.1. The maximum absolute atomic E-state index is 11.6. The van der Waals surface area contributed by atoms with E-state index in [4.69, 9.17) is 11.6 Å². The predicted molar refractivity (Wildman–Crippen MR) is 74.9 cm³/mol. The molecule has 1 amide bonds. The summed E-state index contributed by atoms with van der Waals surface area (Å²) in [5.74, 6) is 0.373. The fourth-order valence-electron chi connectivity index (χ4n) is 1.79. The first kappa shape index (κ1) is 13.4. The molecule has 3 nitrogen and oxygen atoms in total. The van der Waals surface area contributed by atoms with Gasteiger partial charge in [-0.2, -0.15) is 0 Å². The van der Waals surface area contributed by atoms with Gasteiger partial charge in [0.05, 0.1) is 5.38 Å². The summed E-state index contributed by atoms with van der Waals surface area (Å²) < 4.78 is 0. The van der Waals surface area contributed by atoms with Crippen molar-refractivity contribution in [2.24, 2.45) is 5.92 Å². The van der Waals surface area contributed by atoms with Crippen molar-refractivity contribution in [2.45, 2.75) is 18.2 Å². The van der Waals surface area contributed by atoms with E-state index in [1.807, 2.05) is 38.4 Å². The molecule has 1 N–H and O–H groups in total. The Kier molecular flexibility index (Phi) is 4.25. The smallest absolute Gasteiger partial charge is 0.227 e. The molecule has 0 bridgehead atoms. The van der Waals surface area contributed by atoms with Crippen molar-refractivity contribution in [3.63, 3.8) is 0 Å². The molecule has 0 radical (unpaired) electrons. The van der Waals surface area contributed by atoms with Crippen LogP contribution in [0.25, 0.3) is 0 Å². The van der Waals surface area contributed by atoms with Gasteiger partial charge in [-0.25, -0.2) is 0 Å². The molecule has 0 aliphatic heterocycles. The number of amides is 1. The third kappa shape index (κ3) is 3.72. The zero-order valence-corrected chi connectivity index (χ0v) is 11.6. The van der Waals surface area contributed by atoms with Crippen molar-refractivity contribution in [2.75, 3.05) is 26.0 Å². The molecule has 1 aromatic rings. The van der Waals surface area contributed by atoms with E-state index in [9.17, 15) is 4.79 Å². The minimum atomic E-state index is -0.0202. The molecular formula is C14H19ClN2O. The Morgan fingerprint density at radius 1 is 1.39 bits per heavy atom. The monoisotopic (exact) mass is 266 g/mol. The van der Waals surface area contributed by atoms with E-state index >= 15 is 0 Å². The summed E-state index contributed by atoms with van der Waals surface area (Å²) in [4.78, 5) is 13.7. The lowest BCUT2D eigenvalue weighted by atomic mass is 10.1. The molecule has 1 aromatic carbocycles. The number of carbonyl (C=O) groups excluding carboxylic acids is 1. The van der Waals surface area contributed by atoms with E-state index in [0.717, 1.165) is 30.6 Å². The normalized spacial score (nSPS) is 16.7. The van der Waals surface area contributed by atoms with E-state index < -0.39 is 0 Å². The molecule has 1 atom stereocenters. The molecule has 4 heteroatoms. The number of halogens is 1. The Bertz CT molecular complexity index is 412. The maximum Gasteiger partial charge on any atom is 0.227 e. The summed E-state index contributed by atoms with van der Waals surface area (Å²) in [6.07, 6.45) is 2.05. The number of anilines is 1. The fraction of sp³-hybridized carbons (Fsp3) is 0.500. The third-order valence-corrected chi connectivity index (χ3v) is 3.40. The van der Waals surface area contributed by atoms with Gasteiger partial charge in [0.2, 0.25) is 5.91 Å². The van der Waals surface area contributed by atoms with Crippen LogP contribution in [0, 0.1) is 5.92 Å². The summed E-state index contributed by atoms with van der Waals surface area (Å²) in [5.41, 5.74) is 1.93. The van der Waals surface area contributed by atoms with E-state index in [-0.39, 0.29) is 17.2 Å². The zero-order valence-electron chi connectivity index (χ0n) is 10.8. The quantitative estimate of drug-likeness (QED) is 0.831. The highest BCUT2D eigenvalue weighted by atomic mass is 35.5. The summed E-state index contributed by atoms with van der Waals surface area (Å²) in [7, 11) is 4.00. The molecule has 1 unspecified atom stereocenters. The van der Waals surface area contributed by atoms with Gasteiger partial charge in [-0.15, -0.1) is 11.6 Å². The molecule has 0 aromatic heterocycles. The summed E-state index contributed by atoms with van der Waals surface area (Å²) in [6.45, 7) is 0.801. The number of benzene rings is 1. The summed E-state index contributed by atoms with van der Waals surface area (Å²) >= 11 is 6.29. The van der Waals surface area contributed by atoms with Gasteiger partial charge in [0.15, 0.2) is 0 Å². The van der Waals surface area contributed by atoms with Gasteiger partial charge < -0.3 is 10.2 Å². The average molecular weight is 267 g/mol. The number of hydrogen-bond donors (Lipinski definition) is 1. The van der Waals surface area contributed by atoms with Gasteiger partial charge in [-0.3, -0.25) is 4.79 Å². The molecule has 1 aliphatic carbocycles. The Balaban J connectivity index is 1.93. The molecule has 0 spiro atoms. The SMILES string of the molecule is CN(C)CC(Cl)c1ccc(NC(=O)C2CC2)cc1. The first-order chi connectivity index (χ1) is 8.56. The Hall–Kier alpha value is -1.06. The molecule has 1 aliphatic rings. The topological polar surface area (TPSA) is 32.3 Å². The number of alkyl halides is 1. The van der Waals surface area contributed by atoms with Gasteiger partial charge in [-0.05, 0) is 44.6 Å². The number of likely N-dealkylation sites (N-methyl/N-ethyl adjacent to an activating group) is 1. The number of nitrogens with one attached hydrogen (secondary N) is 1. The second-order valence-corrected chi connectivity index (χ2v) is 5.64. The average Bonchev–Trinajstić information content (AvgIpc) is 3.12. The minimum absolute atomic E-state index is 0.0202. The lowest BCUT2D eigenvalue weighted by molar-refractivity contribution is -0.117. The van der Waals surface area contributed by atoms with Crippen LogP contribution in [-0.4, -0.2) is 31.4 Å². The van der Waals surface area contributed by atoms with Crippen LogP contribution in [0.5, 0.6) is 0 Å². The highest BCUT2D eigenvalue weighted by molar-refractivity contribution is 6.21. The fourth-order valence-corrected chi connectivity index (χ4v) is 2.21. The second kappa shape index (κ2) is 5.72. The van der Waals surface area contributed by atoms with E-state index in [1.165, 1.54) is 0 Å². The minimum Gasteiger partial charge on any atom is -0.326 e. The van der Waals surface area contributed by atoms with Gasteiger partial charge in [-0.1, -0.05) is 12.1 Å². The Morgan fingerprint density at radius 3 is 2.50 bits per heavy atom. The number of rotatable bonds is 5. The van der Waals surface area contributed by atoms with Crippen molar-refractivity contribution in [1.29, 1.82) is 0 Å². The van der Waals surface area contributed by atoms with E-state index in [2.05, 4.69) is 10.2 Å². The van der Waals surface area contributed by atoms with Crippen LogP contribution in [0.1, 0.15) is 23.8 Å². The van der Waals surface area contributed by atoms with Crippen LogP contribution >= 0.6 is 11.6 Å². The van der Waals surface area contributed by atoms with Gasteiger partial charge in [0.25, 0.3) is 0 Å². The standard InChI is InChI=1S/C14H19ClN2O/c1-17(2)9-13(15)10-5-7-12(8-6-10)16-14(18)11-3-4-11/h5-8,11,13H,3-4,9H2,1-2H3,(H,16,18). The molecule has 1 saturated carbocycles. The van der Waals surface area contributed by atoms with Crippen LogP contribution in [0.2, 0.25) is 0 Å². The lowest BCUT2D eigenvalue weighted by Crippen LogP contribution is -2.17.